The third kappa shape index (κ3) is 5.13. The average molecular weight is 452 g/mol. The van der Waals surface area contributed by atoms with Gasteiger partial charge in [-0.05, 0) is 60.1 Å². The highest BCUT2D eigenvalue weighted by Crippen LogP contribution is 2.43. The second-order valence-electron chi connectivity index (χ2n) is 8.53. The van der Waals surface area contributed by atoms with Crippen LogP contribution in [0.3, 0.4) is 0 Å². The summed E-state index contributed by atoms with van der Waals surface area (Å²) < 4.78 is 17.0. The van der Waals surface area contributed by atoms with Gasteiger partial charge in [-0.15, -0.1) is 0 Å². The number of allylic oxidation sites excluding steroid dienone is 1. The third-order valence-electron chi connectivity index (χ3n) is 6.43. The smallest absolute Gasteiger partial charge is 0.286 e. The highest BCUT2D eigenvalue weighted by atomic mass is 16.7. The number of carbonyl (C=O) groups excluding carboxylic acids is 1. The summed E-state index contributed by atoms with van der Waals surface area (Å²) in [5.41, 5.74) is 6.35. The molecule has 1 aliphatic heterocycles. The number of rotatable bonds is 10. The van der Waals surface area contributed by atoms with Crippen molar-refractivity contribution in [2.24, 2.45) is 5.92 Å². The van der Waals surface area contributed by atoms with Crippen LogP contribution in [-0.4, -0.2) is 50.8 Å². The maximum absolute atomic E-state index is 12.8. The average Bonchev–Trinajstić information content (AvgIpc) is 3.21. The normalized spacial score (nSPS) is 21.1. The Morgan fingerprint density at radius 1 is 1.18 bits per heavy atom. The van der Waals surface area contributed by atoms with Gasteiger partial charge in [0.1, 0.15) is 0 Å². The number of hydrogen-bond acceptors (Lipinski definition) is 5. The van der Waals surface area contributed by atoms with E-state index in [4.69, 9.17) is 14.2 Å². The van der Waals surface area contributed by atoms with Crippen molar-refractivity contribution in [3.63, 3.8) is 0 Å². The molecule has 2 aromatic rings. The standard InChI is InChI=1S/C27H33NO5/c1-3-32-27-23(9-6-13-29)24(17-25(33-27)26(30)28-12-14-31-2)19-10-11-22-20(16-19)15-18-7-4-5-8-21(18)22/h4-5,7-8,10-11,16-17,23-24,27,29H,3,6,9,12-15H2,1-2H3,(H,28,30)/t23-,24-,27-/m1/s1. The Morgan fingerprint density at radius 3 is 2.79 bits per heavy atom. The van der Waals surface area contributed by atoms with E-state index in [-0.39, 0.29) is 30.1 Å². The van der Waals surface area contributed by atoms with Gasteiger partial charge in [-0.2, -0.15) is 0 Å². The van der Waals surface area contributed by atoms with Crippen LogP contribution in [0.15, 0.2) is 54.3 Å². The van der Waals surface area contributed by atoms with E-state index in [1.54, 1.807) is 7.11 Å². The minimum absolute atomic E-state index is 0.00514. The van der Waals surface area contributed by atoms with Crippen LogP contribution in [0.4, 0.5) is 0 Å². The van der Waals surface area contributed by atoms with Crippen LogP contribution >= 0.6 is 0 Å². The summed E-state index contributed by atoms with van der Waals surface area (Å²) in [6.45, 7) is 3.35. The van der Waals surface area contributed by atoms with Crippen molar-refractivity contribution in [2.45, 2.75) is 38.4 Å². The molecule has 176 valence electrons. The van der Waals surface area contributed by atoms with Crippen molar-refractivity contribution in [1.82, 2.24) is 5.32 Å². The van der Waals surface area contributed by atoms with Crippen LogP contribution in [0, 0.1) is 5.92 Å². The van der Waals surface area contributed by atoms with Crippen molar-refractivity contribution in [3.05, 3.63) is 71.0 Å². The van der Waals surface area contributed by atoms with E-state index in [1.165, 1.54) is 22.3 Å². The maximum atomic E-state index is 12.8. The summed E-state index contributed by atoms with van der Waals surface area (Å²) in [7, 11) is 1.60. The van der Waals surface area contributed by atoms with Crippen LogP contribution < -0.4 is 5.32 Å². The summed E-state index contributed by atoms with van der Waals surface area (Å²) in [4.78, 5) is 12.8. The first-order valence-electron chi connectivity index (χ1n) is 11.8. The second-order valence-corrected chi connectivity index (χ2v) is 8.53. The van der Waals surface area contributed by atoms with Gasteiger partial charge in [0.25, 0.3) is 5.91 Å². The van der Waals surface area contributed by atoms with Crippen molar-refractivity contribution >= 4 is 5.91 Å². The number of ether oxygens (including phenoxy) is 3. The first-order chi connectivity index (χ1) is 16.2. The van der Waals surface area contributed by atoms with Crippen LogP contribution in [0.25, 0.3) is 11.1 Å². The molecule has 3 atom stereocenters. The van der Waals surface area contributed by atoms with Crippen LogP contribution in [0.2, 0.25) is 0 Å². The third-order valence-corrected chi connectivity index (χ3v) is 6.43. The molecule has 33 heavy (non-hydrogen) atoms. The van der Waals surface area contributed by atoms with E-state index in [1.807, 2.05) is 13.0 Å². The Morgan fingerprint density at radius 2 is 2.00 bits per heavy atom. The first-order valence-corrected chi connectivity index (χ1v) is 11.8. The fraction of sp³-hybridized carbons (Fsp3) is 0.444. The van der Waals surface area contributed by atoms with Gasteiger partial charge in [0.2, 0.25) is 6.29 Å². The predicted molar refractivity (Wildman–Crippen MR) is 127 cm³/mol. The van der Waals surface area contributed by atoms with Crippen molar-refractivity contribution in [3.8, 4) is 11.1 Å². The Labute approximate surface area is 195 Å². The number of amides is 1. The molecule has 0 saturated carbocycles. The van der Waals surface area contributed by atoms with Gasteiger partial charge in [0, 0.05) is 38.7 Å². The Kier molecular flexibility index (Phi) is 7.81. The van der Waals surface area contributed by atoms with Gasteiger partial charge in [-0.1, -0.05) is 42.5 Å². The fourth-order valence-electron chi connectivity index (χ4n) is 4.87. The first kappa shape index (κ1) is 23.5. The highest BCUT2D eigenvalue weighted by Gasteiger charge is 2.38. The zero-order chi connectivity index (χ0) is 23.2. The molecule has 0 saturated heterocycles. The lowest BCUT2D eigenvalue weighted by molar-refractivity contribution is -0.166. The van der Waals surface area contributed by atoms with Crippen LogP contribution in [0.1, 0.15) is 42.4 Å². The molecule has 0 aromatic heterocycles. The molecule has 0 bridgehead atoms. The number of benzene rings is 2. The Balaban J connectivity index is 1.67. The highest BCUT2D eigenvalue weighted by molar-refractivity contribution is 5.91. The zero-order valence-corrected chi connectivity index (χ0v) is 19.4. The van der Waals surface area contributed by atoms with Crippen molar-refractivity contribution in [1.29, 1.82) is 0 Å². The van der Waals surface area contributed by atoms with Crippen LogP contribution in [-0.2, 0) is 25.4 Å². The van der Waals surface area contributed by atoms with Gasteiger partial charge >= 0.3 is 0 Å². The molecule has 0 unspecified atom stereocenters. The van der Waals surface area contributed by atoms with E-state index < -0.39 is 6.29 Å². The molecule has 0 fully saturated rings. The van der Waals surface area contributed by atoms with E-state index in [9.17, 15) is 9.90 Å². The van der Waals surface area contributed by atoms with Gasteiger partial charge in [-0.3, -0.25) is 4.79 Å². The zero-order valence-electron chi connectivity index (χ0n) is 19.4. The predicted octanol–water partition coefficient (Wildman–Crippen LogP) is 3.77. The molecule has 6 heteroatoms. The van der Waals surface area contributed by atoms with Gasteiger partial charge < -0.3 is 24.6 Å². The lowest BCUT2D eigenvalue weighted by Gasteiger charge is -2.37. The number of hydrogen-bond donors (Lipinski definition) is 2. The van der Waals surface area contributed by atoms with E-state index in [0.29, 0.717) is 26.2 Å². The maximum Gasteiger partial charge on any atom is 0.286 e. The lowest BCUT2D eigenvalue weighted by Crippen LogP contribution is -2.39. The van der Waals surface area contributed by atoms with Crippen molar-refractivity contribution < 1.29 is 24.1 Å². The monoisotopic (exact) mass is 451 g/mol. The van der Waals surface area contributed by atoms with Gasteiger partial charge in [0.05, 0.1) is 6.61 Å². The second kappa shape index (κ2) is 11.0. The molecule has 0 spiro atoms. The summed E-state index contributed by atoms with van der Waals surface area (Å²) in [6.07, 6.45) is 3.66. The summed E-state index contributed by atoms with van der Waals surface area (Å²) in [5.74, 6) is -0.0528. The summed E-state index contributed by atoms with van der Waals surface area (Å²) in [6, 6.07) is 15.1. The number of methoxy groups -OCH3 is 1. The van der Waals surface area contributed by atoms with Crippen molar-refractivity contribution in [2.75, 3.05) is 33.5 Å². The number of aliphatic hydroxyl groups is 1. The minimum atomic E-state index is -0.551. The van der Waals surface area contributed by atoms with E-state index in [0.717, 1.165) is 18.4 Å². The molecular weight excluding hydrogens is 418 g/mol. The molecule has 4 rings (SSSR count). The topological polar surface area (TPSA) is 77.0 Å². The molecule has 1 aliphatic carbocycles. The quantitative estimate of drug-likeness (QED) is 0.459. The Hall–Kier alpha value is -2.67. The number of aliphatic hydroxyl groups excluding tert-OH is 1. The molecular formula is C27H33NO5. The Bertz CT molecular complexity index is 1000. The van der Waals surface area contributed by atoms with Gasteiger partial charge in [0.15, 0.2) is 5.76 Å². The largest absolute Gasteiger partial charge is 0.459 e. The number of carbonyl (C=O) groups is 1. The molecule has 6 nitrogen and oxygen atoms in total. The summed E-state index contributed by atoms with van der Waals surface area (Å²) >= 11 is 0. The van der Waals surface area contributed by atoms with Gasteiger partial charge in [-0.25, -0.2) is 0 Å². The van der Waals surface area contributed by atoms with Crippen LogP contribution in [0.5, 0.6) is 0 Å². The number of nitrogens with one attached hydrogen (secondary N) is 1. The molecule has 1 amide bonds. The molecule has 2 aromatic carbocycles. The molecule has 2 N–H and O–H groups in total. The molecule has 2 aliphatic rings. The molecule has 0 radical (unpaired) electrons. The lowest BCUT2D eigenvalue weighted by atomic mass is 9.80. The summed E-state index contributed by atoms with van der Waals surface area (Å²) in [5, 5.41) is 12.3. The van der Waals surface area contributed by atoms with E-state index in [2.05, 4.69) is 47.8 Å². The molecule has 1 heterocycles. The minimum Gasteiger partial charge on any atom is -0.459 e. The van der Waals surface area contributed by atoms with E-state index >= 15 is 0 Å². The fourth-order valence-corrected chi connectivity index (χ4v) is 4.87. The SMILES string of the molecule is CCO[C@@H]1OC(C(=O)NCCOC)=C[C@H](c2ccc3c(c2)Cc2ccccc2-3)[C@H]1CCCO. The number of fused-ring (bicyclic) bond motifs is 3.